The van der Waals surface area contributed by atoms with Gasteiger partial charge in [0.05, 0.1) is 7.11 Å². The molecule has 0 bridgehead atoms. The molecule has 0 radical (unpaired) electrons. The van der Waals surface area contributed by atoms with E-state index in [9.17, 15) is 4.79 Å². The van der Waals surface area contributed by atoms with Gasteiger partial charge in [-0.15, -0.1) is 0 Å². The van der Waals surface area contributed by atoms with Crippen molar-refractivity contribution in [2.24, 2.45) is 17.3 Å². The molecule has 3 heteroatoms. The Morgan fingerprint density at radius 1 is 1.22 bits per heavy atom. The first kappa shape index (κ1) is 15.2. The standard InChI is InChI=1S/C20H26O3/c1-20-9-8-15-14-7-5-13(22-2)10-12(14)4-6-16(15)17(20)11-18(21)19(20)23-3/h5,7,10,15-17,19H,4,6,8-9,11H2,1-3H3/t15-,16-,17+,19?,20+/m1/s1. The van der Waals surface area contributed by atoms with Crippen LogP contribution in [0.3, 0.4) is 0 Å². The number of aryl methyl sites for hydroxylation is 1. The van der Waals surface area contributed by atoms with Crippen LogP contribution in [0.25, 0.3) is 0 Å². The molecule has 0 aliphatic heterocycles. The van der Waals surface area contributed by atoms with E-state index in [1.165, 1.54) is 24.0 Å². The van der Waals surface area contributed by atoms with Crippen LogP contribution in [-0.2, 0) is 16.0 Å². The molecule has 2 saturated carbocycles. The molecule has 1 unspecified atom stereocenters. The van der Waals surface area contributed by atoms with E-state index in [2.05, 4.69) is 25.1 Å². The number of methoxy groups -OCH3 is 2. The fraction of sp³-hybridized carbons (Fsp3) is 0.650. The number of hydrogen-bond donors (Lipinski definition) is 0. The molecule has 3 aliphatic carbocycles. The largest absolute Gasteiger partial charge is 0.497 e. The number of carbonyl (C=O) groups excluding carboxylic acids is 1. The summed E-state index contributed by atoms with van der Waals surface area (Å²) in [5.74, 6) is 2.98. The summed E-state index contributed by atoms with van der Waals surface area (Å²) in [7, 11) is 3.43. The molecule has 0 N–H and O–H groups in total. The Balaban J connectivity index is 1.69. The summed E-state index contributed by atoms with van der Waals surface area (Å²) in [5, 5.41) is 0. The van der Waals surface area contributed by atoms with Crippen LogP contribution in [0.15, 0.2) is 18.2 Å². The minimum absolute atomic E-state index is 0.0387. The van der Waals surface area contributed by atoms with Gasteiger partial charge in [0.15, 0.2) is 5.78 Å². The van der Waals surface area contributed by atoms with Crippen LogP contribution < -0.4 is 4.74 Å². The second kappa shape index (κ2) is 5.34. The Labute approximate surface area is 138 Å². The summed E-state index contributed by atoms with van der Waals surface area (Å²) in [5.41, 5.74) is 2.98. The third-order valence-corrected chi connectivity index (χ3v) is 6.92. The van der Waals surface area contributed by atoms with Gasteiger partial charge in [-0.05, 0) is 66.7 Å². The van der Waals surface area contributed by atoms with Gasteiger partial charge in [-0.1, -0.05) is 13.0 Å². The zero-order valence-electron chi connectivity index (χ0n) is 14.3. The number of fused-ring (bicyclic) bond motifs is 5. The molecule has 5 atom stereocenters. The van der Waals surface area contributed by atoms with Crippen molar-refractivity contribution in [2.75, 3.05) is 14.2 Å². The van der Waals surface area contributed by atoms with Gasteiger partial charge < -0.3 is 9.47 Å². The van der Waals surface area contributed by atoms with E-state index in [1.807, 2.05) is 0 Å². The molecular weight excluding hydrogens is 288 g/mol. The maximum atomic E-state index is 12.4. The van der Waals surface area contributed by atoms with Crippen LogP contribution in [0.1, 0.15) is 49.7 Å². The predicted molar refractivity (Wildman–Crippen MR) is 88.8 cm³/mol. The van der Waals surface area contributed by atoms with E-state index < -0.39 is 0 Å². The van der Waals surface area contributed by atoms with Crippen molar-refractivity contribution in [1.82, 2.24) is 0 Å². The van der Waals surface area contributed by atoms with Crippen molar-refractivity contribution in [3.05, 3.63) is 29.3 Å². The van der Waals surface area contributed by atoms with Crippen LogP contribution in [0.4, 0.5) is 0 Å². The van der Waals surface area contributed by atoms with Gasteiger partial charge in [-0.2, -0.15) is 0 Å². The van der Waals surface area contributed by atoms with E-state index in [0.29, 0.717) is 30.0 Å². The van der Waals surface area contributed by atoms with Gasteiger partial charge in [0.2, 0.25) is 0 Å². The normalized spacial score (nSPS) is 38.7. The van der Waals surface area contributed by atoms with Gasteiger partial charge in [0.25, 0.3) is 0 Å². The number of carbonyl (C=O) groups is 1. The zero-order chi connectivity index (χ0) is 16.2. The Kier molecular flexibility index (Phi) is 3.53. The van der Waals surface area contributed by atoms with Gasteiger partial charge in [-0.3, -0.25) is 4.79 Å². The minimum atomic E-state index is -0.189. The van der Waals surface area contributed by atoms with Gasteiger partial charge >= 0.3 is 0 Å². The molecule has 1 aromatic rings. The lowest BCUT2D eigenvalue weighted by atomic mass is 9.55. The SMILES string of the molecule is COc1ccc2c(c1)CC[C@@H]1[C@@H]2CC[C@]2(C)C(OC)C(=O)C[C@@H]12. The lowest BCUT2D eigenvalue weighted by Crippen LogP contribution is -2.45. The third-order valence-electron chi connectivity index (χ3n) is 6.92. The fourth-order valence-corrected chi connectivity index (χ4v) is 5.84. The van der Waals surface area contributed by atoms with Crippen LogP contribution in [0, 0.1) is 17.3 Å². The summed E-state index contributed by atoms with van der Waals surface area (Å²) in [6.45, 7) is 2.29. The molecule has 2 fully saturated rings. The minimum Gasteiger partial charge on any atom is -0.497 e. The lowest BCUT2D eigenvalue weighted by molar-refractivity contribution is -0.130. The second-order valence-electron chi connectivity index (χ2n) is 7.81. The molecule has 3 aliphatic rings. The highest BCUT2D eigenvalue weighted by molar-refractivity contribution is 5.87. The molecule has 0 amide bonds. The Bertz CT molecular complexity index is 638. The number of Topliss-reactive ketones (excluding diaryl/α,β-unsaturated/α-hetero) is 1. The van der Waals surface area contributed by atoms with Gasteiger partial charge in [0.1, 0.15) is 11.9 Å². The third kappa shape index (κ3) is 2.09. The topological polar surface area (TPSA) is 35.5 Å². The van der Waals surface area contributed by atoms with Crippen molar-refractivity contribution in [3.63, 3.8) is 0 Å². The zero-order valence-corrected chi connectivity index (χ0v) is 14.3. The first-order chi connectivity index (χ1) is 11.1. The Morgan fingerprint density at radius 3 is 2.78 bits per heavy atom. The Hall–Kier alpha value is -1.35. The lowest BCUT2D eigenvalue weighted by Gasteiger charge is -2.50. The number of ether oxygens (including phenoxy) is 2. The van der Waals surface area contributed by atoms with Crippen molar-refractivity contribution < 1.29 is 14.3 Å². The number of hydrogen-bond acceptors (Lipinski definition) is 3. The summed E-state index contributed by atoms with van der Waals surface area (Å²) in [6.07, 6.45) is 5.08. The molecule has 0 saturated heterocycles. The highest BCUT2D eigenvalue weighted by Gasteiger charge is 2.58. The van der Waals surface area contributed by atoms with E-state index in [0.717, 1.165) is 18.6 Å². The van der Waals surface area contributed by atoms with Crippen LogP contribution in [0.2, 0.25) is 0 Å². The quantitative estimate of drug-likeness (QED) is 0.834. The maximum Gasteiger partial charge on any atom is 0.162 e. The van der Waals surface area contributed by atoms with Gasteiger partial charge in [0, 0.05) is 18.9 Å². The molecular formula is C20H26O3. The molecule has 3 nitrogen and oxygen atoms in total. The van der Waals surface area contributed by atoms with Crippen molar-refractivity contribution in [1.29, 1.82) is 0 Å². The van der Waals surface area contributed by atoms with Crippen LogP contribution in [0.5, 0.6) is 5.75 Å². The summed E-state index contributed by atoms with van der Waals surface area (Å²) < 4.78 is 11.0. The molecule has 23 heavy (non-hydrogen) atoms. The molecule has 124 valence electrons. The average molecular weight is 314 g/mol. The fourth-order valence-electron chi connectivity index (χ4n) is 5.84. The highest BCUT2D eigenvalue weighted by Crippen LogP contribution is 2.60. The summed E-state index contributed by atoms with van der Waals surface area (Å²) in [4.78, 5) is 12.4. The molecule has 0 aromatic heterocycles. The number of ketones is 1. The van der Waals surface area contributed by atoms with E-state index >= 15 is 0 Å². The highest BCUT2D eigenvalue weighted by atomic mass is 16.5. The van der Waals surface area contributed by atoms with Crippen molar-refractivity contribution >= 4 is 5.78 Å². The van der Waals surface area contributed by atoms with E-state index in [-0.39, 0.29) is 11.5 Å². The van der Waals surface area contributed by atoms with E-state index in [4.69, 9.17) is 9.47 Å². The van der Waals surface area contributed by atoms with Crippen LogP contribution in [-0.4, -0.2) is 26.1 Å². The van der Waals surface area contributed by atoms with E-state index in [1.54, 1.807) is 14.2 Å². The summed E-state index contributed by atoms with van der Waals surface area (Å²) >= 11 is 0. The van der Waals surface area contributed by atoms with Gasteiger partial charge in [-0.25, -0.2) is 0 Å². The first-order valence-corrected chi connectivity index (χ1v) is 8.81. The van der Waals surface area contributed by atoms with Crippen molar-refractivity contribution in [2.45, 2.75) is 51.0 Å². The first-order valence-electron chi connectivity index (χ1n) is 8.81. The monoisotopic (exact) mass is 314 g/mol. The Morgan fingerprint density at radius 2 is 2.04 bits per heavy atom. The molecule has 0 spiro atoms. The molecule has 1 aromatic carbocycles. The van der Waals surface area contributed by atoms with Crippen LogP contribution >= 0.6 is 0 Å². The maximum absolute atomic E-state index is 12.4. The molecule has 4 rings (SSSR count). The van der Waals surface area contributed by atoms with Crippen molar-refractivity contribution in [3.8, 4) is 5.75 Å². The summed E-state index contributed by atoms with van der Waals surface area (Å²) in [6, 6.07) is 6.56. The smallest absolute Gasteiger partial charge is 0.162 e. The number of benzene rings is 1. The average Bonchev–Trinajstić information content (AvgIpc) is 2.83. The molecule has 0 heterocycles. The second-order valence-corrected chi connectivity index (χ2v) is 7.81. The number of rotatable bonds is 2. The predicted octanol–water partition coefficient (Wildman–Crippen LogP) is 3.75.